The van der Waals surface area contributed by atoms with E-state index in [0.29, 0.717) is 18.5 Å². The second-order valence-electron chi connectivity index (χ2n) is 5.20. The lowest BCUT2D eigenvalue weighted by Crippen LogP contribution is -2.32. The number of sulfone groups is 1. The summed E-state index contributed by atoms with van der Waals surface area (Å²) in [7, 11) is -3.19. The molecule has 1 amide bonds. The summed E-state index contributed by atoms with van der Waals surface area (Å²) in [6.45, 7) is 2.01. The van der Waals surface area contributed by atoms with Gasteiger partial charge in [0.15, 0.2) is 9.84 Å². The van der Waals surface area contributed by atoms with Crippen LogP contribution in [0.5, 0.6) is 0 Å². The van der Waals surface area contributed by atoms with Gasteiger partial charge in [-0.2, -0.15) is 0 Å². The highest BCUT2D eigenvalue weighted by Gasteiger charge is 2.33. The zero-order valence-electron chi connectivity index (χ0n) is 11.8. The van der Waals surface area contributed by atoms with Gasteiger partial charge in [0, 0.05) is 36.5 Å². The maximum atomic E-state index is 12.4. The number of nitrogens with zero attached hydrogens (tertiary/aromatic N) is 2. The molecule has 1 saturated heterocycles. The van der Waals surface area contributed by atoms with Crippen LogP contribution in [0, 0.1) is 17.0 Å². The van der Waals surface area contributed by atoms with Gasteiger partial charge in [0.05, 0.1) is 10.2 Å². The smallest absolute Gasteiger partial charge is 0.273 e. The molecule has 1 unspecified atom stereocenters. The molecule has 114 valence electrons. The van der Waals surface area contributed by atoms with E-state index in [0.717, 1.165) is 6.26 Å². The Labute approximate surface area is 122 Å². The summed E-state index contributed by atoms with van der Waals surface area (Å²) in [5, 5.41) is 10.3. The Hall–Kier alpha value is -1.96. The SMILES string of the molecule is Cc1c(C(=O)N2CCC(S(C)(=O)=O)C2)cccc1[N+](=O)[O-]. The first-order valence-corrected chi connectivity index (χ1v) is 8.39. The maximum absolute atomic E-state index is 12.4. The van der Waals surface area contributed by atoms with Crippen molar-refractivity contribution >= 4 is 21.4 Å². The molecule has 8 heteroatoms. The molecule has 0 aliphatic carbocycles. The van der Waals surface area contributed by atoms with Gasteiger partial charge in [-0.1, -0.05) is 6.07 Å². The first-order chi connectivity index (χ1) is 9.71. The highest BCUT2D eigenvalue weighted by atomic mass is 32.2. The molecule has 1 aromatic rings. The van der Waals surface area contributed by atoms with E-state index in [9.17, 15) is 23.3 Å². The number of benzene rings is 1. The topological polar surface area (TPSA) is 97.6 Å². The number of hydrogen-bond acceptors (Lipinski definition) is 5. The minimum Gasteiger partial charge on any atom is -0.337 e. The first kappa shape index (κ1) is 15.4. The largest absolute Gasteiger partial charge is 0.337 e. The maximum Gasteiger partial charge on any atom is 0.273 e. The molecule has 1 aliphatic rings. The molecule has 1 fully saturated rings. The molecule has 2 rings (SSSR count). The van der Waals surface area contributed by atoms with Gasteiger partial charge in [-0.3, -0.25) is 14.9 Å². The van der Waals surface area contributed by atoms with Crippen molar-refractivity contribution in [3.8, 4) is 0 Å². The Morgan fingerprint density at radius 1 is 1.43 bits per heavy atom. The van der Waals surface area contributed by atoms with E-state index in [2.05, 4.69) is 0 Å². The van der Waals surface area contributed by atoms with Crippen molar-refractivity contribution in [2.75, 3.05) is 19.3 Å². The van der Waals surface area contributed by atoms with Crippen LogP contribution < -0.4 is 0 Å². The standard InChI is InChI=1S/C13H16N2O5S/c1-9-11(4-3-5-12(9)15(17)18)13(16)14-7-6-10(8-14)21(2,19)20/h3-5,10H,6-8H2,1-2H3. The summed E-state index contributed by atoms with van der Waals surface area (Å²) in [6, 6.07) is 4.33. The highest BCUT2D eigenvalue weighted by Crippen LogP contribution is 2.24. The van der Waals surface area contributed by atoms with Gasteiger partial charge in [0.2, 0.25) is 0 Å². The Morgan fingerprint density at radius 3 is 2.62 bits per heavy atom. The van der Waals surface area contributed by atoms with E-state index in [1.165, 1.54) is 30.0 Å². The number of amides is 1. The summed E-state index contributed by atoms with van der Waals surface area (Å²) in [6.07, 6.45) is 1.56. The van der Waals surface area contributed by atoms with E-state index >= 15 is 0 Å². The fraction of sp³-hybridized carbons (Fsp3) is 0.462. The van der Waals surface area contributed by atoms with Crippen LogP contribution in [0.1, 0.15) is 22.3 Å². The Balaban J connectivity index is 2.27. The number of carbonyl (C=O) groups excluding carboxylic acids is 1. The Kier molecular flexibility index (Phi) is 3.99. The van der Waals surface area contributed by atoms with Gasteiger partial charge in [-0.05, 0) is 19.4 Å². The molecule has 0 saturated carbocycles. The van der Waals surface area contributed by atoms with Gasteiger partial charge in [0.25, 0.3) is 11.6 Å². The first-order valence-electron chi connectivity index (χ1n) is 6.44. The summed E-state index contributed by atoms with van der Waals surface area (Å²) < 4.78 is 23.0. The van der Waals surface area contributed by atoms with E-state index in [-0.39, 0.29) is 23.7 Å². The molecule has 0 spiro atoms. The molecule has 7 nitrogen and oxygen atoms in total. The molecule has 21 heavy (non-hydrogen) atoms. The molecule has 0 radical (unpaired) electrons. The molecule has 1 aromatic carbocycles. The van der Waals surface area contributed by atoms with Crippen LogP contribution in [0.2, 0.25) is 0 Å². The minimum atomic E-state index is -3.19. The molecular formula is C13H16N2O5S. The van der Waals surface area contributed by atoms with Crippen LogP contribution in [-0.4, -0.2) is 48.7 Å². The number of nitro benzene ring substituents is 1. The third-order valence-electron chi connectivity index (χ3n) is 3.77. The number of nitro groups is 1. The second-order valence-corrected chi connectivity index (χ2v) is 7.52. The van der Waals surface area contributed by atoms with Crippen molar-refractivity contribution in [3.63, 3.8) is 0 Å². The average molecular weight is 312 g/mol. The van der Waals surface area contributed by atoms with Crippen LogP contribution in [-0.2, 0) is 9.84 Å². The second kappa shape index (κ2) is 5.44. The normalized spacial score (nSPS) is 18.8. The third kappa shape index (κ3) is 3.05. The van der Waals surface area contributed by atoms with Crippen LogP contribution in [0.4, 0.5) is 5.69 Å². The van der Waals surface area contributed by atoms with Crippen LogP contribution in [0.25, 0.3) is 0 Å². The predicted molar refractivity (Wildman–Crippen MR) is 77.0 cm³/mol. The average Bonchev–Trinajstić information content (AvgIpc) is 2.87. The fourth-order valence-electron chi connectivity index (χ4n) is 2.49. The highest BCUT2D eigenvalue weighted by molar-refractivity contribution is 7.91. The quantitative estimate of drug-likeness (QED) is 0.616. The lowest BCUT2D eigenvalue weighted by molar-refractivity contribution is -0.385. The molecule has 0 N–H and O–H groups in total. The van der Waals surface area contributed by atoms with Crippen LogP contribution >= 0.6 is 0 Å². The van der Waals surface area contributed by atoms with Gasteiger partial charge in [0.1, 0.15) is 0 Å². The van der Waals surface area contributed by atoms with Gasteiger partial charge < -0.3 is 4.90 Å². The van der Waals surface area contributed by atoms with Crippen molar-refractivity contribution in [1.29, 1.82) is 0 Å². The predicted octanol–water partition coefficient (Wildman–Crippen LogP) is 1.16. The van der Waals surface area contributed by atoms with Gasteiger partial charge in [-0.15, -0.1) is 0 Å². The van der Waals surface area contributed by atoms with Crippen molar-refractivity contribution in [2.24, 2.45) is 0 Å². The number of carbonyl (C=O) groups is 1. The lowest BCUT2D eigenvalue weighted by atomic mass is 10.1. The van der Waals surface area contributed by atoms with Crippen molar-refractivity contribution in [3.05, 3.63) is 39.4 Å². The monoisotopic (exact) mass is 312 g/mol. The lowest BCUT2D eigenvalue weighted by Gasteiger charge is -2.17. The number of likely N-dealkylation sites (tertiary alicyclic amines) is 1. The van der Waals surface area contributed by atoms with Crippen molar-refractivity contribution < 1.29 is 18.1 Å². The Bertz CT molecular complexity index is 699. The van der Waals surface area contributed by atoms with Crippen LogP contribution in [0.3, 0.4) is 0 Å². The summed E-state index contributed by atoms with van der Waals surface area (Å²) >= 11 is 0. The van der Waals surface area contributed by atoms with Crippen molar-refractivity contribution in [1.82, 2.24) is 4.90 Å². The number of rotatable bonds is 3. The minimum absolute atomic E-state index is 0.111. The van der Waals surface area contributed by atoms with E-state index in [1.807, 2.05) is 0 Å². The summed E-state index contributed by atoms with van der Waals surface area (Å²) in [5.41, 5.74) is 0.438. The molecule has 0 bridgehead atoms. The van der Waals surface area contributed by atoms with E-state index in [4.69, 9.17) is 0 Å². The van der Waals surface area contributed by atoms with Gasteiger partial charge in [-0.25, -0.2) is 8.42 Å². The zero-order valence-corrected chi connectivity index (χ0v) is 12.6. The summed E-state index contributed by atoms with van der Waals surface area (Å²) in [4.78, 5) is 24.2. The molecule has 0 aromatic heterocycles. The zero-order chi connectivity index (χ0) is 15.8. The fourth-order valence-corrected chi connectivity index (χ4v) is 3.47. The van der Waals surface area contributed by atoms with Crippen molar-refractivity contribution in [2.45, 2.75) is 18.6 Å². The van der Waals surface area contributed by atoms with Gasteiger partial charge >= 0.3 is 0 Å². The third-order valence-corrected chi connectivity index (χ3v) is 5.37. The molecule has 1 aliphatic heterocycles. The van der Waals surface area contributed by atoms with E-state index < -0.39 is 20.0 Å². The molecule has 1 heterocycles. The number of hydrogen-bond donors (Lipinski definition) is 0. The summed E-state index contributed by atoms with van der Waals surface area (Å²) in [5.74, 6) is -0.359. The van der Waals surface area contributed by atoms with E-state index in [1.54, 1.807) is 0 Å². The Morgan fingerprint density at radius 2 is 2.10 bits per heavy atom. The molecule has 1 atom stereocenters. The molecular weight excluding hydrogens is 296 g/mol. The van der Waals surface area contributed by atoms with Crippen LogP contribution in [0.15, 0.2) is 18.2 Å².